The van der Waals surface area contributed by atoms with Crippen molar-refractivity contribution in [3.63, 3.8) is 0 Å². The van der Waals surface area contributed by atoms with E-state index in [2.05, 4.69) is 0 Å². The van der Waals surface area contributed by atoms with Crippen LogP contribution in [0.25, 0.3) is 0 Å². The molecule has 0 rings (SSSR count). The van der Waals surface area contributed by atoms with Crippen LogP contribution in [-0.4, -0.2) is 40.6 Å². The Morgan fingerprint density at radius 2 is 1.14 bits per heavy atom. The van der Waals surface area contributed by atoms with E-state index in [4.69, 9.17) is 17.5 Å². The van der Waals surface area contributed by atoms with Crippen LogP contribution in [-0.2, 0) is 27.8 Å². The molecule has 1 radical (unpaired) electrons. The predicted octanol–water partition coefficient (Wildman–Crippen LogP) is -1.72. The first-order valence-electron chi connectivity index (χ1n) is 0.667. The minimum Gasteiger partial charge on any atom is -0.759 e. The molecule has 7 heteroatoms. The average Bonchev–Trinajstić information content (AvgIpc) is 0.722. The van der Waals surface area contributed by atoms with Crippen LogP contribution in [0.3, 0.4) is 0 Å². The predicted molar refractivity (Wildman–Crippen MR) is 16.2 cm³/mol. The van der Waals surface area contributed by atoms with E-state index in [-0.39, 0.29) is 40.4 Å². The largest absolute Gasteiger partial charge is 3.00 e. The molecule has 0 amide bonds. The van der Waals surface area contributed by atoms with Gasteiger partial charge in [0.1, 0.15) is 0 Å². The summed E-state index contributed by atoms with van der Waals surface area (Å²) in [7, 11) is -5.17. The molecule has 0 saturated heterocycles. The van der Waals surface area contributed by atoms with E-state index in [1.807, 2.05) is 0 Å². The summed E-state index contributed by atoms with van der Waals surface area (Å²) in [5.74, 6) is 0. The molecule has 35 valence electrons. The summed E-state index contributed by atoms with van der Waals surface area (Å²) in [4.78, 5) is 0. The van der Waals surface area contributed by atoms with E-state index in [0.29, 0.717) is 0 Å². The standard InChI is InChI=1S/Cr.Mg.H2O4S/c;;1-5(2,3)4/h;;(H2,1,2,3,4)/q+3;+2;/p-2. The van der Waals surface area contributed by atoms with Crippen molar-refractivity contribution in [2.24, 2.45) is 0 Å². The molecule has 7 heavy (non-hydrogen) atoms. The minimum atomic E-state index is -5.17. The minimum absolute atomic E-state index is 0. The van der Waals surface area contributed by atoms with E-state index in [9.17, 15) is 0 Å². The van der Waals surface area contributed by atoms with Crippen molar-refractivity contribution >= 4 is 33.5 Å². The summed E-state index contributed by atoms with van der Waals surface area (Å²) in [6.45, 7) is 0. The summed E-state index contributed by atoms with van der Waals surface area (Å²) in [6, 6.07) is 0. The van der Waals surface area contributed by atoms with E-state index in [1.165, 1.54) is 0 Å². The average molecular weight is 172 g/mol. The van der Waals surface area contributed by atoms with Crippen molar-refractivity contribution in [3.8, 4) is 0 Å². The van der Waals surface area contributed by atoms with Crippen LogP contribution in [0.4, 0.5) is 0 Å². The van der Waals surface area contributed by atoms with Gasteiger partial charge in [-0.25, -0.2) is 0 Å². The maximum Gasteiger partial charge on any atom is 3.00 e. The maximum atomic E-state index is 8.52. The van der Waals surface area contributed by atoms with E-state index in [1.54, 1.807) is 0 Å². The Morgan fingerprint density at radius 3 is 1.14 bits per heavy atom. The van der Waals surface area contributed by atoms with Gasteiger partial charge in [0.2, 0.25) is 0 Å². The summed E-state index contributed by atoms with van der Waals surface area (Å²) >= 11 is 0. The van der Waals surface area contributed by atoms with E-state index >= 15 is 0 Å². The van der Waals surface area contributed by atoms with Gasteiger partial charge in [-0.1, -0.05) is 0 Å². The van der Waals surface area contributed by atoms with Gasteiger partial charge in [-0.3, -0.25) is 8.42 Å². The molecule has 0 fully saturated rings. The molecule has 0 heterocycles. The van der Waals surface area contributed by atoms with Crippen LogP contribution in [0.15, 0.2) is 0 Å². The van der Waals surface area contributed by atoms with Crippen molar-refractivity contribution in [2.75, 3.05) is 0 Å². The van der Waals surface area contributed by atoms with Crippen molar-refractivity contribution in [2.45, 2.75) is 0 Å². The fourth-order valence-corrected chi connectivity index (χ4v) is 0. The van der Waals surface area contributed by atoms with Gasteiger partial charge in [0.25, 0.3) is 0 Å². The second-order valence-electron chi connectivity index (χ2n) is 0.408. The molecule has 0 aliphatic heterocycles. The molecule has 0 bridgehead atoms. The zero-order valence-electron chi connectivity index (χ0n) is 3.16. The van der Waals surface area contributed by atoms with Crippen molar-refractivity contribution in [1.29, 1.82) is 0 Å². The molecule has 0 atom stereocenters. The summed E-state index contributed by atoms with van der Waals surface area (Å²) in [5, 5.41) is 0. The van der Waals surface area contributed by atoms with Gasteiger partial charge in [-0.2, -0.15) is 0 Å². The molecule has 0 aliphatic rings. The normalized spacial score (nSPS) is 8.29. The Kier molecular flexibility index (Phi) is 11.9. The van der Waals surface area contributed by atoms with Gasteiger partial charge in [-0.05, 0) is 0 Å². The fraction of sp³-hybridized carbons (Fsp3) is 0. The third-order valence-electron chi connectivity index (χ3n) is 0. The maximum absolute atomic E-state index is 8.52. The quantitative estimate of drug-likeness (QED) is 0.247. The topological polar surface area (TPSA) is 80.3 Å². The monoisotopic (exact) mass is 172 g/mol. The molecule has 0 unspecified atom stereocenters. The summed E-state index contributed by atoms with van der Waals surface area (Å²) in [6.07, 6.45) is 0. The van der Waals surface area contributed by atoms with Crippen LogP contribution in [0.2, 0.25) is 0 Å². The van der Waals surface area contributed by atoms with Crippen LogP contribution >= 0.6 is 0 Å². The molecule has 0 aromatic rings. The smallest absolute Gasteiger partial charge is 0.759 e. The van der Waals surface area contributed by atoms with Crippen molar-refractivity contribution < 1.29 is 34.9 Å². The molecule has 0 aliphatic carbocycles. The molecule has 0 aromatic carbocycles. The Bertz CT molecular complexity index is 94.9. The zero-order chi connectivity index (χ0) is 4.50. The van der Waals surface area contributed by atoms with Gasteiger partial charge in [0, 0.05) is 10.4 Å². The molecule has 0 spiro atoms. The first kappa shape index (κ1) is 15.7. The van der Waals surface area contributed by atoms with Crippen LogP contribution < -0.4 is 0 Å². The Hall–Kier alpha value is 1.17. The third kappa shape index (κ3) is 140. The second kappa shape index (κ2) is 5.31. The number of rotatable bonds is 0. The van der Waals surface area contributed by atoms with E-state index < -0.39 is 10.4 Å². The SMILES string of the molecule is O=S(=O)([O-])[O-].[Cr+3].[Mg+2]. The van der Waals surface area contributed by atoms with Gasteiger partial charge >= 0.3 is 40.4 Å². The van der Waals surface area contributed by atoms with Crippen LogP contribution in [0.5, 0.6) is 0 Å². The third-order valence-corrected chi connectivity index (χ3v) is 0. The van der Waals surface area contributed by atoms with Gasteiger partial charge in [0.05, 0.1) is 0 Å². The number of hydrogen-bond donors (Lipinski definition) is 0. The Morgan fingerprint density at radius 1 is 1.14 bits per heavy atom. The molecule has 0 aromatic heterocycles. The van der Waals surface area contributed by atoms with Crippen LogP contribution in [0, 0.1) is 0 Å². The molecular formula is CrMgO4S+3. The van der Waals surface area contributed by atoms with Crippen molar-refractivity contribution in [1.82, 2.24) is 0 Å². The van der Waals surface area contributed by atoms with Crippen LogP contribution in [0.1, 0.15) is 0 Å². The Balaban J connectivity index is -0.0000000800. The molecule has 0 saturated carbocycles. The molecule has 0 N–H and O–H groups in total. The fourth-order valence-electron chi connectivity index (χ4n) is 0. The van der Waals surface area contributed by atoms with E-state index in [0.717, 1.165) is 0 Å². The zero-order valence-corrected chi connectivity index (χ0v) is 6.66. The summed E-state index contributed by atoms with van der Waals surface area (Å²) in [5.41, 5.74) is 0. The summed E-state index contributed by atoms with van der Waals surface area (Å²) < 4.78 is 34.1. The first-order valence-corrected chi connectivity index (χ1v) is 2.00. The molecular weight excluding hydrogens is 172 g/mol. The second-order valence-corrected chi connectivity index (χ2v) is 1.22. The molecule has 4 nitrogen and oxygen atoms in total. The van der Waals surface area contributed by atoms with Crippen molar-refractivity contribution in [3.05, 3.63) is 0 Å². The van der Waals surface area contributed by atoms with Gasteiger partial charge < -0.3 is 9.11 Å². The van der Waals surface area contributed by atoms with Gasteiger partial charge in [-0.15, -0.1) is 0 Å². The Labute approximate surface area is 68.1 Å². The first-order chi connectivity index (χ1) is 2.00. The van der Waals surface area contributed by atoms with Gasteiger partial charge in [0.15, 0.2) is 0 Å². The number of hydrogen-bond acceptors (Lipinski definition) is 4.